The quantitative estimate of drug-likeness (QED) is 0.609. The molecule has 2 aromatic carbocycles. The SMILES string of the molecule is CCOc1ccc([C@H]2C(C(=O)OC)=C(C)Nc3nc(-c4ccccc4Cl)nn32)cc1. The first kappa shape index (κ1) is 20.0. The Balaban J connectivity index is 1.85. The molecule has 1 N–H and O–H groups in total. The Bertz CT molecular complexity index is 1120. The van der Waals surface area contributed by atoms with Crippen molar-refractivity contribution in [1.29, 1.82) is 0 Å². The number of hydrogen-bond acceptors (Lipinski definition) is 6. The molecule has 1 atom stereocenters. The lowest BCUT2D eigenvalue weighted by atomic mass is 9.96. The van der Waals surface area contributed by atoms with Crippen molar-refractivity contribution in [2.45, 2.75) is 19.9 Å². The molecule has 0 bridgehead atoms. The van der Waals surface area contributed by atoms with E-state index in [1.54, 1.807) is 10.7 Å². The third kappa shape index (κ3) is 3.52. The Hall–Kier alpha value is -3.32. The van der Waals surface area contributed by atoms with Crippen molar-refractivity contribution in [3.05, 3.63) is 70.4 Å². The molecule has 4 rings (SSSR count). The van der Waals surface area contributed by atoms with Crippen LogP contribution < -0.4 is 10.1 Å². The minimum Gasteiger partial charge on any atom is -0.494 e. The van der Waals surface area contributed by atoms with Crippen molar-refractivity contribution < 1.29 is 14.3 Å². The summed E-state index contributed by atoms with van der Waals surface area (Å²) in [6, 6.07) is 14.4. The summed E-state index contributed by atoms with van der Waals surface area (Å²) < 4.78 is 12.3. The fourth-order valence-corrected chi connectivity index (χ4v) is 3.72. The van der Waals surface area contributed by atoms with Crippen molar-refractivity contribution in [3.8, 4) is 17.1 Å². The van der Waals surface area contributed by atoms with E-state index >= 15 is 0 Å². The second-order valence-electron chi connectivity index (χ2n) is 6.74. The minimum atomic E-state index is -0.506. The van der Waals surface area contributed by atoms with Crippen LogP contribution in [0.3, 0.4) is 0 Å². The number of aromatic nitrogens is 3. The maximum absolute atomic E-state index is 12.6. The van der Waals surface area contributed by atoms with Crippen LogP contribution in [-0.2, 0) is 9.53 Å². The molecule has 30 heavy (non-hydrogen) atoms. The number of methoxy groups -OCH3 is 1. The molecule has 0 saturated carbocycles. The van der Waals surface area contributed by atoms with Gasteiger partial charge in [0.1, 0.15) is 11.8 Å². The van der Waals surface area contributed by atoms with Gasteiger partial charge in [-0.1, -0.05) is 35.9 Å². The third-order valence-electron chi connectivity index (χ3n) is 4.88. The zero-order chi connectivity index (χ0) is 21.3. The van der Waals surface area contributed by atoms with Gasteiger partial charge in [-0.25, -0.2) is 9.48 Å². The molecule has 7 nitrogen and oxygen atoms in total. The normalized spacial score (nSPS) is 15.4. The summed E-state index contributed by atoms with van der Waals surface area (Å²) in [6.07, 6.45) is 0. The van der Waals surface area contributed by atoms with Crippen molar-refractivity contribution in [1.82, 2.24) is 14.8 Å². The van der Waals surface area contributed by atoms with E-state index in [1.165, 1.54) is 7.11 Å². The Morgan fingerprint density at radius 1 is 1.20 bits per heavy atom. The highest BCUT2D eigenvalue weighted by Gasteiger charge is 2.35. The first-order chi connectivity index (χ1) is 14.5. The number of carbonyl (C=O) groups excluding carboxylic acids is 1. The molecule has 1 aliphatic rings. The molecule has 0 amide bonds. The number of nitrogens with one attached hydrogen (secondary N) is 1. The number of allylic oxidation sites excluding steroid dienone is 1. The highest BCUT2D eigenvalue weighted by atomic mass is 35.5. The Morgan fingerprint density at radius 2 is 1.93 bits per heavy atom. The molecule has 1 aliphatic heterocycles. The van der Waals surface area contributed by atoms with Crippen LogP contribution >= 0.6 is 11.6 Å². The van der Waals surface area contributed by atoms with E-state index in [-0.39, 0.29) is 0 Å². The number of fused-ring (bicyclic) bond motifs is 1. The summed E-state index contributed by atoms with van der Waals surface area (Å²) in [5.74, 6) is 1.32. The van der Waals surface area contributed by atoms with Gasteiger partial charge in [0.15, 0.2) is 5.82 Å². The molecule has 1 aromatic heterocycles. The molecule has 0 aliphatic carbocycles. The molecule has 154 valence electrons. The smallest absolute Gasteiger partial charge is 0.338 e. The fraction of sp³-hybridized carbons (Fsp3) is 0.227. The maximum atomic E-state index is 12.6. The highest BCUT2D eigenvalue weighted by molar-refractivity contribution is 6.33. The molecule has 0 saturated heterocycles. The topological polar surface area (TPSA) is 78.3 Å². The van der Waals surface area contributed by atoms with Gasteiger partial charge in [0.2, 0.25) is 5.95 Å². The van der Waals surface area contributed by atoms with Crippen LogP contribution in [0.15, 0.2) is 59.8 Å². The zero-order valence-electron chi connectivity index (χ0n) is 16.8. The van der Waals surface area contributed by atoms with Gasteiger partial charge in [-0.3, -0.25) is 0 Å². The van der Waals surface area contributed by atoms with E-state index < -0.39 is 12.0 Å². The van der Waals surface area contributed by atoms with E-state index in [0.29, 0.717) is 40.2 Å². The van der Waals surface area contributed by atoms with Crippen molar-refractivity contribution in [2.24, 2.45) is 0 Å². The van der Waals surface area contributed by atoms with E-state index in [1.807, 2.05) is 56.3 Å². The molecular weight excluding hydrogens is 404 g/mol. The Morgan fingerprint density at radius 3 is 2.60 bits per heavy atom. The van der Waals surface area contributed by atoms with Crippen LogP contribution in [0.1, 0.15) is 25.5 Å². The number of nitrogens with zero attached hydrogens (tertiary/aromatic N) is 3. The van der Waals surface area contributed by atoms with Crippen LogP contribution in [0.25, 0.3) is 11.4 Å². The zero-order valence-corrected chi connectivity index (χ0v) is 17.6. The Labute approximate surface area is 179 Å². The monoisotopic (exact) mass is 424 g/mol. The van der Waals surface area contributed by atoms with E-state index in [4.69, 9.17) is 21.1 Å². The third-order valence-corrected chi connectivity index (χ3v) is 5.21. The summed E-state index contributed by atoms with van der Waals surface area (Å²) in [4.78, 5) is 17.3. The number of esters is 1. The van der Waals surface area contributed by atoms with Crippen LogP contribution in [0.5, 0.6) is 5.75 Å². The summed E-state index contributed by atoms with van der Waals surface area (Å²) >= 11 is 6.35. The van der Waals surface area contributed by atoms with Gasteiger partial charge in [0.25, 0.3) is 0 Å². The average Bonchev–Trinajstić information content (AvgIpc) is 3.16. The standard InChI is InChI=1S/C22H21ClN4O3/c1-4-30-15-11-9-14(10-12-15)19-18(21(28)29-3)13(2)24-22-25-20(26-27(19)22)16-7-5-6-8-17(16)23/h5-12,19H,4H2,1-3H3,(H,24,25,26)/t19-/m0/s1. The minimum absolute atomic E-state index is 0.431. The van der Waals surface area contributed by atoms with E-state index in [9.17, 15) is 4.79 Å². The average molecular weight is 425 g/mol. The number of hydrogen-bond donors (Lipinski definition) is 1. The van der Waals surface area contributed by atoms with Crippen LogP contribution in [0, 0.1) is 0 Å². The molecule has 8 heteroatoms. The van der Waals surface area contributed by atoms with Crippen LogP contribution in [0.4, 0.5) is 5.95 Å². The van der Waals surface area contributed by atoms with Gasteiger partial charge in [-0.2, -0.15) is 4.98 Å². The molecule has 2 heterocycles. The lowest BCUT2D eigenvalue weighted by Crippen LogP contribution is -2.29. The fourth-order valence-electron chi connectivity index (χ4n) is 3.50. The van der Waals surface area contributed by atoms with Gasteiger partial charge >= 0.3 is 5.97 Å². The first-order valence-corrected chi connectivity index (χ1v) is 9.91. The largest absolute Gasteiger partial charge is 0.494 e. The second-order valence-corrected chi connectivity index (χ2v) is 7.15. The van der Waals surface area contributed by atoms with E-state index in [0.717, 1.165) is 11.3 Å². The van der Waals surface area contributed by atoms with Gasteiger partial charge < -0.3 is 14.8 Å². The van der Waals surface area contributed by atoms with Crippen molar-refractivity contribution in [2.75, 3.05) is 19.0 Å². The van der Waals surface area contributed by atoms with Crippen LogP contribution in [0.2, 0.25) is 5.02 Å². The number of benzene rings is 2. The second kappa shape index (κ2) is 8.20. The summed E-state index contributed by atoms with van der Waals surface area (Å²) in [7, 11) is 1.36. The molecular formula is C22H21ClN4O3. The number of ether oxygens (including phenoxy) is 2. The summed E-state index contributed by atoms with van der Waals surface area (Å²) in [6.45, 7) is 4.33. The molecule has 3 aromatic rings. The predicted octanol–water partition coefficient (Wildman–Crippen LogP) is 4.46. The van der Waals surface area contributed by atoms with Gasteiger partial charge in [-0.05, 0) is 43.7 Å². The lowest BCUT2D eigenvalue weighted by molar-refractivity contribution is -0.136. The van der Waals surface area contributed by atoms with E-state index in [2.05, 4.69) is 15.4 Å². The van der Waals surface area contributed by atoms with Crippen molar-refractivity contribution >= 4 is 23.5 Å². The molecule has 0 fully saturated rings. The molecule has 0 unspecified atom stereocenters. The van der Waals surface area contributed by atoms with Gasteiger partial charge in [0.05, 0.1) is 24.3 Å². The number of carbonyl (C=O) groups is 1. The van der Waals surface area contributed by atoms with Gasteiger partial charge in [0, 0.05) is 11.3 Å². The number of anilines is 1. The molecule has 0 spiro atoms. The lowest BCUT2D eigenvalue weighted by Gasteiger charge is -2.27. The maximum Gasteiger partial charge on any atom is 0.338 e. The van der Waals surface area contributed by atoms with Crippen molar-refractivity contribution in [3.63, 3.8) is 0 Å². The van der Waals surface area contributed by atoms with Crippen LogP contribution in [-0.4, -0.2) is 34.5 Å². The number of rotatable bonds is 5. The Kier molecular flexibility index (Phi) is 5.46. The summed E-state index contributed by atoms with van der Waals surface area (Å²) in [5, 5.41) is 8.40. The highest BCUT2D eigenvalue weighted by Crippen LogP contribution is 2.38. The molecule has 0 radical (unpaired) electrons. The predicted molar refractivity (Wildman–Crippen MR) is 115 cm³/mol. The first-order valence-electron chi connectivity index (χ1n) is 9.53. The number of halogens is 1. The van der Waals surface area contributed by atoms with Gasteiger partial charge in [-0.15, -0.1) is 5.10 Å². The summed E-state index contributed by atoms with van der Waals surface area (Å²) in [5.41, 5.74) is 2.69.